The minimum absolute atomic E-state index is 0.182. The summed E-state index contributed by atoms with van der Waals surface area (Å²) in [4.78, 5) is 34.3. The second-order valence-electron chi connectivity index (χ2n) is 5.43. The highest BCUT2D eigenvalue weighted by molar-refractivity contribution is 5.90. The molecule has 0 aromatic heterocycles. The molecule has 2 amide bonds. The summed E-state index contributed by atoms with van der Waals surface area (Å²) in [5, 5.41) is 11.4. The number of carbonyl (C=O) groups excluding carboxylic acids is 2. The van der Waals surface area contributed by atoms with Crippen LogP contribution < -0.4 is 16.8 Å². The summed E-state index contributed by atoms with van der Waals surface area (Å²) in [5.74, 6) is -2.41. The van der Waals surface area contributed by atoms with Crippen molar-refractivity contribution >= 4 is 17.8 Å². The van der Waals surface area contributed by atoms with Gasteiger partial charge in [-0.15, -0.1) is 0 Å². The van der Waals surface area contributed by atoms with Crippen LogP contribution in [0.1, 0.15) is 44.9 Å². The van der Waals surface area contributed by atoms with Gasteiger partial charge in [-0.3, -0.25) is 9.59 Å². The second kappa shape index (κ2) is 7.23. The van der Waals surface area contributed by atoms with Crippen LogP contribution in [0.2, 0.25) is 0 Å². The van der Waals surface area contributed by atoms with Crippen LogP contribution in [-0.2, 0) is 14.4 Å². The van der Waals surface area contributed by atoms with Crippen molar-refractivity contribution in [2.45, 2.75) is 51.0 Å². The Balaban J connectivity index is 2.78. The van der Waals surface area contributed by atoms with Crippen molar-refractivity contribution in [2.75, 3.05) is 6.54 Å². The summed E-state index contributed by atoms with van der Waals surface area (Å²) in [6.45, 7) is 0.182. The number of hydrogen-bond acceptors (Lipinski definition) is 4. The quantitative estimate of drug-likeness (QED) is 0.498. The largest absolute Gasteiger partial charge is 0.480 e. The fourth-order valence-corrected chi connectivity index (χ4v) is 2.64. The molecular weight excluding hydrogens is 262 g/mol. The smallest absolute Gasteiger partial charge is 0.326 e. The first-order valence-corrected chi connectivity index (χ1v) is 6.93. The van der Waals surface area contributed by atoms with Gasteiger partial charge < -0.3 is 21.9 Å². The molecular formula is C13H23N3O4. The predicted molar refractivity (Wildman–Crippen MR) is 72.6 cm³/mol. The Kier molecular flexibility index (Phi) is 5.94. The van der Waals surface area contributed by atoms with E-state index in [4.69, 9.17) is 16.6 Å². The first kappa shape index (κ1) is 16.4. The van der Waals surface area contributed by atoms with Crippen molar-refractivity contribution < 1.29 is 19.5 Å². The molecule has 1 aliphatic rings. The summed E-state index contributed by atoms with van der Waals surface area (Å²) in [6.07, 6.45) is 4.80. The molecule has 20 heavy (non-hydrogen) atoms. The molecule has 1 saturated carbocycles. The molecule has 0 aromatic rings. The standard InChI is InChI=1S/C13H23N3O4/c14-8-13(5-3-1-2-4-6-13)12(20)16-9(11(18)19)7-10(15)17/h9H,1-8,14H2,(H2,15,17)(H,16,20)(H,18,19)/t9-/m0/s1. The van der Waals surface area contributed by atoms with Gasteiger partial charge in [-0.1, -0.05) is 25.7 Å². The highest BCUT2D eigenvalue weighted by Crippen LogP contribution is 2.34. The number of hydrogen-bond donors (Lipinski definition) is 4. The first-order valence-electron chi connectivity index (χ1n) is 6.93. The zero-order valence-electron chi connectivity index (χ0n) is 11.6. The molecule has 0 unspecified atom stereocenters. The second-order valence-corrected chi connectivity index (χ2v) is 5.43. The van der Waals surface area contributed by atoms with Crippen molar-refractivity contribution in [3.05, 3.63) is 0 Å². The van der Waals surface area contributed by atoms with Crippen molar-refractivity contribution in [2.24, 2.45) is 16.9 Å². The molecule has 0 bridgehead atoms. The van der Waals surface area contributed by atoms with E-state index in [1.807, 2.05) is 0 Å². The average molecular weight is 285 g/mol. The Morgan fingerprint density at radius 2 is 1.70 bits per heavy atom. The van der Waals surface area contributed by atoms with Crippen LogP contribution in [0.5, 0.6) is 0 Å². The maximum atomic E-state index is 12.4. The Morgan fingerprint density at radius 3 is 2.10 bits per heavy atom. The maximum Gasteiger partial charge on any atom is 0.326 e. The minimum Gasteiger partial charge on any atom is -0.480 e. The van der Waals surface area contributed by atoms with Crippen molar-refractivity contribution in [1.82, 2.24) is 5.32 Å². The molecule has 7 heteroatoms. The molecule has 0 saturated heterocycles. The number of aliphatic carboxylic acids is 1. The monoisotopic (exact) mass is 285 g/mol. The summed E-state index contributed by atoms with van der Waals surface area (Å²) < 4.78 is 0. The number of nitrogens with two attached hydrogens (primary N) is 2. The van der Waals surface area contributed by atoms with Crippen LogP contribution in [0, 0.1) is 5.41 Å². The SMILES string of the molecule is NCC1(C(=O)N[C@@H](CC(N)=O)C(=O)O)CCCCCC1. The van der Waals surface area contributed by atoms with E-state index in [0.717, 1.165) is 25.7 Å². The lowest BCUT2D eigenvalue weighted by Crippen LogP contribution is -2.52. The van der Waals surface area contributed by atoms with Gasteiger partial charge in [-0.25, -0.2) is 4.79 Å². The van der Waals surface area contributed by atoms with Gasteiger partial charge in [0.05, 0.1) is 11.8 Å². The first-order chi connectivity index (χ1) is 9.41. The molecule has 6 N–H and O–H groups in total. The molecule has 0 aromatic carbocycles. The van der Waals surface area contributed by atoms with Gasteiger partial charge in [-0.2, -0.15) is 0 Å². The van der Waals surface area contributed by atoms with Crippen LogP contribution in [-0.4, -0.2) is 35.5 Å². The highest BCUT2D eigenvalue weighted by Gasteiger charge is 2.39. The predicted octanol–water partition coefficient (Wildman–Crippen LogP) is -0.269. The van der Waals surface area contributed by atoms with Crippen LogP contribution in [0.15, 0.2) is 0 Å². The Morgan fingerprint density at radius 1 is 1.15 bits per heavy atom. The van der Waals surface area contributed by atoms with Crippen LogP contribution in [0.25, 0.3) is 0 Å². The zero-order valence-corrected chi connectivity index (χ0v) is 11.6. The number of carboxylic acid groups (broad SMARTS) is 1. The summed E-state index contributed by atoms with van der Waals surface area (Å²) in [6, 6.07) is -1.29. The normalized spacial score (nSPS) is 19.6. The van der Waals surface area contributed by atoms with E-state index in [0.29, 0.717) is 12.8 Å². The van der Waals surface area contributed by atoms with E-state index in [1.54, 1.807) is 0 Å². The molecule has 7 nitrogen and oxygen atoms in total. The molecule has 0 radical (unpaired) electrons. The van der Waals surface area contributed by atoms with Crippen LogP contribution in [0.3, 0.4) is 0 Å². The zero-order chi connectivity index (χ0) is 15.2. The van der Waals surface area contributed by atoms with Gasteiger partial charge >= 0.3 is 5.97 Å². The molecule has 1 atom stereocenters. The number of rotatable bonds is 6. The van der Waals surface area contributed by atoms with E-state index in [9.17, 15) is 14.4 Å². The third-order valence-corrected chi connectivity index (χ3v) is 3.94. The average Bonchev–Trinajstić information content (AvgIpc) is 2.63. The molecule has 1 fully saturated rings. The van der Waals surface area contributed by atoms with Gasteiger partial charge in [-0.05, 0) is 12.8 Å². The minimum atomic E-state index is -1.29. The topological polar surface area (TPSA) is 136 Å². The lowest BCUT2D eigenvalue weighted by molar-refractivity contribution is -0.145. The van der Waals surface area contributed by atoms with Crippen molar-refractivity contribution in [3.8, 4) is 0 Å². The van der Waals surface area contributed by atoms with Gasteiger partial charge in [0.1, 0.15) is 6.04 Å². The lowest BCUT2D eigenvalue weighted by Gasteiger charge is -2.31. The van der Waals surface area contributed by atoms with Crippen LogP contribution in [0.4, 0.5) is 0 Å². The highest BCUT2D eigenvalue weighted by atomic mass is 16.4. The molecule has 0 heterocycles. The number of primary amides is 1. The van der Waals surface area contributed by atoms with Crippen molar-refractivity contribution in [1.29, 1.82) is 0 Å². The number of carbonyl (C=O) groups is 3. The van der Waals surface area contributed by atoms with Crippen molar-refractivity contribution in [3.63, 3.8) is 0 Å². The van der Waals surface area contributed by atoms with Crippen LogP contribution >= 0.6 is 0 Å². The third-order valence-electron chi connectivity index (χ3n) is 3.94. The molecule has 0 aliphatic heterocycles. The summed E-state index contributed by atoms with van der Waals surface area (Å²) in [5.41, 5.74) is 10.0. The Hall–Kier alpha value is -1.63. The van der Waals surface area contributed by atoms with E-state index in [1.165, 1.54) is 0 Å². The summed E-state index contributed by atoms with van der Waals surface area (Å²) >= 11 is 0. The fourth-order valence-electron chi connectivity index (χ4n) is 2.64. The van der Waals surface area contributed by atoms with Gasteiger partial charge in [0.2, 0.25) is 11.8 Å². The van der Waals surface area contributed by atoms with E-state index in [-0.39, 0.29) is 12.5 Å². The number of amides is 2. The molecule has 0 spiro atoms. The van der Waals surface area contributed by atoms with E-state index >= 15 is 0 Å². The number of nitrogens with one attached hydrogen (secondary N) is 1. The Bertz CT molecular complexity index is 376. The van der Waals surface area contributed by atoms with Gasteiger partial charge in [0.25, 0.3) is 0 Å². The third kappa shape index (κ3) is 4.19. The lowest BCUT2D eigenvalue weighted by atomic mass is 9.79. The molecule has 1 rings (SSSR count). The maximum absolute atomic E-state index is 12.4. The number of carboxylic acids is 1. The molecule has 1 aliphatic carbocycles. The van der Waals surface area contributed by atoms with E-state index in [2.05, 4.69) is 5.32 Å². The van der Waals surface area contributed by atoms with E-state index < -0.39 is 29.8 Å². The van der Waals surface area contributed by atoms with Gasteiger partial charge in [0, 0.05) is 6.54 Å². The Labute approximate surface area is 118 Å². The molecule has 114 valence electrons. The fraction of sp³-hybridized carbons (Fsp3) is 0.769. The summed E-state index contributed by atoms with van der Waals surface area (Å²) in [7, 11) is 0. The van der Waals surface area contributed by atoms with Gasteiger partial charge in [0.15, 0.2) is 0 Å².